The third-order valence-electron chi connectivity index (χ3n) is 6.47. The second-order valence-electron chi connectivity index (χ2n) is 9.13. The topological polar surface area (TPSA) is 66.5 Å². The van der Waals surface area contributed by atoms with Gasteiger partial charge >= 0.3 is 0 Å². The SMILES string of the molecule is Cc1ccc(S(=O)(=O)N(CC(=O)N[C@@H](C)c2cc(C)c(C)cc2C)c2cccc(C)c2C)cc1. The highest BCUT2D eigenvalue weighted by molar-refractivity contribution is 7.92. The fraction of sp³-hybridized carbons (Fsp3) is 0.321. The van der Waals surface area contributed by atoms with Crippen LogP contribution in [0.4, 0.5) is 5.69 Å². The third-order valence-corrected chi connectivity index (χ3v) is 8.24. The smallest absolute Gasteiger partial charge is 0.264 e. The van der Waals surface area contributed by atoms with Crippen LogP contribution in [-0.2, 0) is 14.8 Å². The molecule has 3 aromatic rings. The Morgan fingerprint density at radius 2 is 1.47 bits per heavy atom. The second-order valence-corrected chi connectivity index (χ2v) is 11.0. The zero-order chi connectivity index (χ0) is 25.2. The number of anilines is 1. The van der Waals surface area contributed by atoms with Gasteiger partial charge in [-0.25, -0.2) is 8.42 Å². The molecule has 0 aromatic heterocycles. The normalized spacial score (nSPS) is 12.3. The monoisotopic (exact) mass is 478 g/mol. The molecule has 0 bridgehead atoms. The molecule has 34 heavy (non-hydrogen) atoms. The molecule has 0 unspecified atom stereocenters. The Balaban J connectivity index is 1.96. The van der Waals surface area contributed by atoms with Crippen molar-refractivity contribution < 1.29 is 13.2 Å². The molecule has 1 N–H and O–H groups in total. The Bertz CT molecular complexity index is 1310. The number of benzene rings is 3. The zero-order valence-corrected chi connectivity index (χ0v) is 21.9. The van der Waals surface area contributed by atoms with Gasteiger partial charge in [0.1, 0.15) is 6.54 Å². The van der Waals surface area contributed by atoms with Gasteiger partial charge in [0.25, 0.3) is 10.0 Å². The highest BCUT2D eigenvalue weighted by Crippen LogP contribution is 2.29. The van der Waals surface area contributed by atoms with E-state index in [1.165, 1.54) is 9.87 Å². The predicted octanol–water partition coefficient (Wildman–Crippen LogP) is 5.61. The van der Waals surface area contributed by atoms with E-state index in [0.29, 0.717) is 5.69 Å². The lowest BCUT2D eigenvalue weighted by Gasteiger charge is -2.27. The molecular formula is C28H34N2O3S. The van der Waals surface area contributed by atoms with Crippen LogP contribution in [0.15, 0.2) is 59.5 Å². The van der Waals surface area contributed by atoms with Crippen molar-refractivity contribution >= 4 is 21.6 Å². The number of carbonyl (C=O) groups excluding carboxylic acids is 1. The predicted molar refractivity (Wildman–Crippen MR) is 139 cm³/mol. The quantitative estimate of drug-likeness (QED) is 0.480. The largest absolute Gasteiger partial charge is 0.348 e. The summed E-state index contributed by atoms with van der Waals surface area (Å²) >= 11 is 0. The van der Waals surface area contributed by atoms with Crippen LogP contribution >= 0.6 is 0 Å². The highest BCUT2D eigenvalue weighted by Gasteiger charge is 2.29. The zero-order valence-electron chi connectivity index (χ0n) is 21.1. The van der Waals surface area contributed by atoms with Gasteiger partial charge in [-0.15, -0.1) is 0 Å². The second kappa shape index (κ2) is 10.0. The van der Waals surface area contributed by atoms with Gasteiger partial charge in [-0.05, 0) is 100 Å². The van der Waals surface area contributed by atoms with E-state index in [1.54, 1.807) is 30.3 Å². The first kappa shape index (κ1) is 25.5. The first-order valence-corrected chi connectivity index (χ1v) is 12.9. The molecule has 0 aliphatic carbocycles. The average Bonchev–Trinajstić information content (AvgIpc) is 2.77. The molecule has 1 amide bonds. The Kier molecular flexibility index (Phi) is 7.51. The molecule has 0 saturated heterocycles. The van der Waals surface area contributed by atoms with Crippen molar-refractivity contribution in [2.45, 2.75) is 59.4 Å². The lowest BCUT2D eigenvalue weighted by Crippen LogP contribution is -2.42. The molecule has 0 radical (unpaired) electrons. The van der Waals surface area contributed by atoms with Crippen molar-refractivity contribution in [2.24, 2.45) is 0 Å². The number of rotatable bonds is 7. The van der Waals surface area contributed by atoms with Gasteiger partial charge in [-0.2, -0.15) is 0 Å². The molecule has 6 heteroatoms. The fourth-order valence-electron chi connectivity index (χ4n) is 4.09. The lowest BCUT2D eigenvalue weighted by molar-refractivity contribution is -0.120. The molecule has 5 nitrogen and oxygen atoms in total. The van der Waals surface area contributed by atoms with E-state index in [0.717, 1.165) is 33.4 Å². The number of amides is 1. The standard InChI is InChI=1S/C28H34N2O3S/c1-18-11-13-25(14-12-18)34(32,33)30(27-10-8-9-19(2)23(27)6)17-28(31)29-24(7)26-16-21(4)20(3)15-22(26)5/h8-16,24H,17H2,1-7H3,(H,29,31)/t24-/m0/s1. The Hall–Kier alpha value is -3.12. The molecule has 0 spiro atoms. The van der Waals surface area contributed by atoms with Gasteiger partial charge < -0.3 is 5.32 Å². The van der Waals surface area contributed by atoms with Gasteiger partial charge in [0, 0.05) is 0 Å². The molecule has 0 fully saturated rings. The van der Waals surface area contributed by atoms with Gasteiger partial charge in [0.15, 0.2) is 0 Å². The van der Waals surface area contributed by atoms with E-state index >= 15 is 0 Å². The van der Waals surface area contributed by atoms with E-state index in [1.807, 2.05) is 53.7 Å². The Labute approximate surface area is 203 Å². The number of hydrogen-bond acceptors (Lipinski definition) is 3. The minimum atomic E-state index is -3.95. The maximum Gasteiger partial charge on any atom is 0.264 e. The summed E-state index contributed by atoms with van der Waals surface area (Å²) in [5.74, 6) is -0.360. The number of carbonyl (C=O) groups is 1. The maximum absolute atomic E-state index is 13.7. The minimum Gasteiger partial charge on any atom is -0.348 e. The molecule has 0 aliphatic heterocycles. The van der Waals surface area contributed by atoms with Crippen LogP contribution in [0.1, 0.15) is 51.9 Å². The number of aryl methyl sites for hydroxylation is 5. The summed E-state index contributed by atoms with van der Waals surface area (Å²) in [6, 6.07) is 16.1. The van der Waals surface area contributed by atoms with Crippen LogP contribution in [0.2, 0.25) is 0 Å². The first-order chi connectivity index (χ1) is 15.9. The van der Waals surface area contributed by atoms with Crippen molar-refractivity contribution in [2.75, 3.05) is 10.8 Å². The summed E-state index contributed by atoms with van der Waals surface area (Å²) in [4.78, 5) is 13.3. The number of nitrogens with one attached hydrogen (secondary N) is 1. The molecule has 0 saturated carbocycles. The van der Waals surface area contributed by atoms with Crippen LogP contribution in [-0.4, -0.2) is 20.9 Å². The summed E-state index contributed by atoms with van der Waals surface area (Å²) in [7, 11) is -3.95. The minimum absolute atomic E-state index is 0.157. The van der Waals surface area contributed by atoms with E-state index < -0.39 is 10.0 Å². The van der Waals surface area contributed by atoms with Crippen LogP contribution < -0.4 is 9.62 Å². The van der Waals surface area contributed by atoms with Crippen molar-refractivity contribution in [3.05, 3.63) is 93.5 Å². The lowest BCUT2D eigenvalue weighted by atomic mass is 9.96. The van der Waals surface area contributed by atoms with Gasteiger partial charge in [0.2, 0.25) is 5.91 Å². The van der Waals surface area contributed by atoms with E-state index in [9.17, 15) is 13.2 Å². The summed E-state index contributed by atoms with van der Waals surface area (Å²) in [6.07, 6.45) is 0. The number of sulfonamides is 1. The van der Waals surface area contributed by atoms with Crippen molar-refractivity contribution in [1.29, 1.82) is 0 Å². The van der Waals surface area contributed by atoms with Crippen molar-refractivity contribution in [3.63, 3.8) is 0 Å². The van der Waals surface area contributed by atoms with E-state index in [4.69, 9.17) is 0 Å². The third kappa shape index (κ3) is 5.33. The van der Waals surface area contributed by atoms with E-state index in [-0.39, 0.29) is 23.4 Å². The first-order valence-electron chi connectivity index (χ1n) is 11.4. The molecule has 0 heterocycles. The van der Waals surface area contributed by atoms with Crippen LogP contribution in [0.3, 0.4) is 0 Å². The Morgan fingerprint density at radius 1 is 0.853 bits per heavy atom. The highest BCUT2D eigenvalue weighted by atomic mass is 32.2. The van der Waals surface area contributed by atoms with Crippen molar-refractivity contribution in [1.82, 2.24) is 5.32 Å². The number of hydrogen-bond donors (Lipinski definition) is 1. The maximum atomic E-state index is 13.7. The van der Waals surface area contributed by atoms with Crippen molar-refractivity contribution in [3.8, 4) is 0 Å². The molecule has 0 aliphatic rings. The Morgan fingerprint density at radius 3 is 2.12 bits per heavy atom. The van der Waals surface area contributed by atoms with Gasteiger partial charge in [-0.1, -0.05) is 42.0 Å². The summed E-state index contributed by atoms with van der Waals surface area (Å²) in [5, 5.41) is 3.01. The van der Waals surface area contributed by atoms with Gasteiger partial charge in [0.05, 0.1) is 16.6 Å². The molecule has 180 valence electrons. The van der Waals surface area contributed by atoms with E-state index in [2.05, 4.69) is 24.4 Å². The van der Waals surface area contributed by atoms with Gasteiger partial charge in [-0.3, -0.25) is 9.10 Å². The molecule has 3 aromatic carbocycles. The fourth-order valence-corrected chi connectivity index (χ4v) is 5.57. The summed E-state index contributed by atoms with van der Waals surface area (Å²) in [6.45, 7) is 13.5. The number of nitrogens with zero attached hydrogens (tertiary/aromatic N) is 1. The summed E-state index contributed by atoms with van der Waals surface area (Å²) in [5.41, 5.74) is 7.72. The van der Waals surface area contributed by atoms with Crippen LogP contribution in [0.25, 0.3) is 0 Å². The average molecular weight is 479 g/mol. The molecule has 1 atom stereocenters. The van der Waals surface area contributed by atoms with Crippen LogP contribution in [0, 0.1) is 41.5 Å². The van der Waals surface area contributed by atoms with Crippen LogP contribution in [0.5, 0.6) is 0 Å². The molecular weight excluding hydrogens is 444 g/mol. The molecule has 3 rings (SSSR count). The summed E-state index contributed by atoms with van der Waals surface area (Å²) < 4.78 is 28.6.